The predicted octanol–water partition coefficient (Wildman–Crippen LogP) is 1.90. The first-order valence-corrected chi connectivity index (χ1v) is 13.3. The molecule has 1 saturated heterocycles. The molecule has 1 aromatic carbocycles. The smallest absolute Gasteiger partial charge is 0.379 e. The zero-order chi connectivity index (χ0) is 27.9. The number of nitrogens with one attached hydrogen (secondary N) is 1. The molecule has 0 spiro atoms. The van der Waals surface area contributed by atoms with Gasteiger partial charge in [-0.2, -0.15) is 5.26 Å². The summed E-state index contributed by atoms with van der Waals surface area (Å²) in [6.07, 6.45) is -3.23. The van der Waals surface area contributed by atoms with Crippen LogP contribution in [0.3, 0.4) is 0 Å². The minimum Gasteiger partial charge on any atom is -0.424 e. The van der Waals surface area contributed by atoms with E-state index in [2.05, 4.69) is 15.1 Å². The molecule has 0 amide bonds. The summed E-state index contributed by atoms with van der Waals surface area (Å²) in [5.74, 6) is -1.18. The number of aliphatic hydroxyl groups excluding tert-OH is 1. The van der Waals surface area contributed by atoms with Gasteiger partial charge in [0.25, 0.3) is 10.7 Å². The maximum Gasteiger partial charge on any atom is 0.379 e. The number of benzene rings is 1. The second-order valence-electron chi connectivity index (χ2n) is 8.74. The molecule has 202 valence electrons. The van der Waals surface area contributed by atoms with Crippen LogP contribution in [-0.2, 0) is 24.2 Å². The molecule has 0 radical (unpaired) electrons. The number of nitrogens with two attached hydrogens (primary N) is 1. The number of imidazole rings is 1. The quantitative estimate of drug-likeness (QED) is 0.252. The van der Waals surface area contributed by atoms with Crippen molar-refractivity contribution in [3.05, 3.63) is 52.6 Å². The van der Waals surface area contributed by atoms with E-state index in [1.54, 1.807) is 24.3 Å². The lowest BCUT2D eigenvalue weighted by Crippen LogP contribution is -2.46. The number of aliphatic hydroxyl groups is 1. The van der Waals surface area contributed by atoms with Crippen LogP contribution in [0.15, 0.2) is 41.3 Å². The van der Waals surface area contributed by atoms with Crippen LogP contribution in [0.1, 0.15) is 19.5 Å². The monoisotopic (exact) mass is 568 g/mol. The number of alkyl halides is 2. The summed E-state index contributed by atoms with van der Waals surface area (Å²) in [6.45, 7) is 2.10. The largest absolute Gasteiger partial charge is 0.424 e. The number of nitrogens with zero attached hydrogens (tertiary/aromatic N) is 4. The number of rotatable bonds is 9. The van der Waals surface area contributed by atoms with Crippen LogP contribution in [0.5, 0.6) is 5.75 Å². The molecule has 1 aliphatic heterocycles. The van der Waals surface area contributed by atoms with E-state index in [-0.39, 0.29) is 29.3 Å². The van der Waals surface area contributed by atoms with Gasteiger partial charge >= 0.3 is 7.60 Å². The van der Waals surface area contributed by atoms with Gasteiger partial charge in [-0.3, -0.25) is 19.1 Å². The number of nitriles is 1. The predicted molar refractivity (Wildman–Crippen MR) is 131 cm³/mol. The van der Waals surface area contributed by atoms with E-state index >= 15 is 4.39 Å². The molecule has 0 saturated carbocycles. The van der Waals surface area contributed by atoms with Gasteiger partial charge in [0.15, 0.2) is 0 Å². The van der Waals surface area contributed by atoms with E-state index in [1.165, 1.54) is 26.0 Å². The Morgan fingerprint density at radius 2 is 2.16 bits per heavy atom. The van der Waals surface area contributed by atoms with E-state index in [0.717, 1.165) is 10.7 Å². The number of ether oxygens (including phenoxy) is 1. The molecule has 3 aromatic rings. The van der Waals surface area contributed by atoms with Gasteiger partial charge < -0.3 is 20.1 Å². The molecule has 6 atom stereocenters. The van der Waals surface area contributed by atoms with Crippen molar-refractivity contribution in [3.8, 4) is 11.8 Å². The topological polar surface area (TPSA) is 195 Å². The highest BCUT2D eigenvalue weighted by Crippen LogP contribution is 2.54. The van der Waals surface area contributed by atoms with E-state index in [4.69, 9.17) is 31.1 Å². The summed E-state index contributed by atoms with van der Waals surface area (Å²) in [5.41, 5.74) is 1.28. The minimum absolute atomic E-state index is 0.183. The van der Waals surface area contributed by atoms with Crippen LogP contribution in [-0.4, -0.2) is 60.6 Å². The Hall–Kier alpha value is -3.34. The number of aromatic amines is 1. The Balaban J connectivity index is 1.66. The summed E-state index contributed by atoms with van der Waals surface area (Å²) >= 11 is 6.06. The van der Waals surface area contributed by atoms with Crippen LogP contribution in [0, 0.1) is 17.2 Å². The number of Topliss-reactive ketones (excluding diaryl/α,β-unsaturated/α-hetero) is 1. The molecule has 0 aliphatic carbocycles. The van der Waals surface area contributed by atoms with Crippen molar-refractivity contribution in [2.45, 2.75) is 36.8 Å². The summed E-state index contributed by atoms with van der Waals surface area (Å²) in [7, 11) is -4.09. The van der Waals surface area contributed by atoms with Gasteiger partial charge in [-0.25, -0.2) is 18.5 Å². The molecule has 4 N–H and O–H groups in total. The van der Waals surface area contributed by atoms with E-state index in [1.807, 2.05) is 0 Å². The van der Waals surface area contributed by atoms with Gasteiger partial charge in [-0.05, 0) is 19.1 Å². The maximum atomic E-state index is 15.9. The number of nitrogen functional groups attached to an aromatic ring is 1. The molecule has 1 aliphatic rings. The minimum atomic E-state index is -4.09. The summed E-state index contributed by atoms with van der Waals surface area (Å²) in [6, 6.07) is 9.61. The van der Waals surface area contributed by atoms with E-state index < -0.39 is 54.3 Å². The zero-order valence-corrected chi connectivity index (χ0v) is 21.7. The number of aromatic nitrogens is 4. The number of anilines is 1. The van der Waals surface area contributed by atoms with Crippen LogP contribution >= 0.6 is 19.2 Å². The number of H-pyrrole nitrogens is 1. The maximum absolute atomic E-state index is 15.9. The van der Waals surface area contributed by atoms with Crippen LogP contribution in [0.4, 0.5) is 10.3 Å². The van der Waals surface area contributed by atoms with Crippen LogP contribution < -0.4 is 15.8 Å². The van der Waals surface area contributed by atoms with Crippen molar-refractivity contribution < 1.29 is 32.6 Å². The van der Waals surface area contributed by atoms with Crippen molar-refractivity contribution in [1.82, 2.24) is 19.6 Å². The molecule has 2 unspecified atom stereocenters. The molecular weight excluding hydrogens is 546 g/mol. The van der Waals surface area contributed by atoms with Crippen LogP contribution in [0.2, 0.25) is 0 Å². The lowest BCUT2D eigenvalue weighted by atomic mass is 9.93. The normalized spacial score (nSPS) is 27.5. The van der Waals surface area contributed by atoms with Crippen molar-refractivity contribution in [2.24, 2.45) is 5.92 Å². The van der Waals surface area contributed by atoms with Gasteiger partial charge in [0.2, 0.25) is 17.2 Å². The number of fused-ring (bicyclic) bond motifs is 1. The summed E-state index contributed by atoms with van der Waals surface area (Å²) < 4.78 is 47.1. The third-order valence-corrected chi connectivity index (χ3v) is 8.56. The van der Waals surface area contributed by atoms with Crippen molar-refractivity contribution in [2.75, 3.05) is 18.5 Å². The van der Waals surface area contributed by atoms with Gasteiger partial charge in [0.1, 0.15) is 35.5 Å². The molecule has 13 nitrogen and oxygen atoms in total. The molecule has 4 rings (SSSR count). The molecule has 3 heterocycles. The lowest BCUT2D eigenvalue weighted by Gasteiger charge is -2.28. The fourth-order valence-electron chi connectivity index (χ4n) is 3.88. The summed E-state index contributed by atoms with van der Waals surface area (Å²) in [4.78, 5) is 30.0. The van der Waals surface area contributed by atoms with Crippen molar-refractivity contribution in [1.29, 1.82) is 5.26 Å². The van der Waals surface area contributed by atoms with Gasteiger partial charge in [0, 0.05) is 5.92 Å². The Morgan fingerprint density at radius 3 is 2.79 bits per heavy atom. The molecular formula is C22H23ClFN6O7P. The number of carbonyl (C=O) groups excluding carboxylic acids is 1. The number of halogens is 2. The zero-order valence-electron chi connectivity index (χ0n) is 20.1. The van der Waals surface area contributed by atoms with Gasteiger partial charge in [0.05, 0.1) is 19.0 Å². The van der Waals surface area contributed by atoms with Gasteiger partial charge in [-0.15, -0.1) is 5.10 Å². The first kappa shape index (κ1) is 27.7. The third kappa shape index (κ3) is 4.79. The second kappa shape index (κ2) is 10.1. The molecule has 16 heteroatoms. The number of ketones is 1. The van der Waals surface area contributed by atoms with E-state index in [0.29, 0.717) is 0 Å². The standard InChI is InChI=1S/C22H23ClFN6O7P/c1-12(13(2)31)10-38(34,37-14-6-4-3-5-7-14)35-9-15-17(32)22(23,24)21(11-25,36-15)16-8-27-18-19(33)28-20(26)29-30(16)18/h3-8,12,15,17,32H,9-10H2,1-2H3,(H3,26,28,29,33)/t12-,15-,17?,21+,22-,38?/m1/s1. The first-order valence-electron chi connectivity index (χ1n) is 11.2. The molecule has 2 aromatic heterocycles. The van der Waals surface area contributed by atoms with Crippen molar-refractivity contribution >= 4 is 36.6 Å². The van der Waals surface area contributed by atoms with Gasteiger partial charge in [-0.1, -0.05) is 36.7 Å². The average molecular weight is 569 g/mol. The molecule has 1 fully saturated rings. The Kier molecular flexibility index (Phi) is 7.35. The molecule has 0 bridgehead atoms. The highest BCUT2D eigenvalue weighted by Gasteiger charge is 2.69. The fraction of sp³-hybridized carbons (Fsp3) is 0.409. The van der Waals surface area contributed by atoms with Crippen molar-refractivity contribution in [3.63, 3.8) is 0 Å². The number of hydrogen-bond donors (Lipinski definition) is 3. The Morgan fingerprint density at radius 1 is 1.47 bits per heavy atom. The molecule has 38 heavy (non-hydrogen) atoms. The average Bonchev–Trinajstić information content (AvgIpc) is 3.36. The first-order chi connectivity index (χ1) is 17.8. The lowest BCUT2D eigenvalue weighted by molar-refractivity contribution is -0.119. The number of carbonyl (C=O) groups is 1. The van der Waals surface area contributed by atoms with Crippen LogP contribution in [0.25, 0.3) is 5.65 Å². The highest BCUT2D eigenvalue weighted by atomic mass is 35.5. The SMILES string of the molecule is CC(=O)[C@H](C)CP(=O)(OC[C@H]1O[C@@](C#N)(c2cnc3c(=O)[nH]c(N)nn23)[C@@](F)(Cl)C1O)Oc1ccccc1. The van der Waals surface area contributed by atoms with E-state index in [9.17, 15) is 24.5 Å². The third-order valence-electron chi connectivity index (χ3n) is 6.04. The number of para-hydroxylation sites is 1. The highest BCUT2D eigenvalue weighted by molar-refractivity contribution is 7.54. The fourth-order valence-corrected chi connectivity index (χ4v) is 6.18. The Bertz CT molecular complexity index is 1510. The number of hydrogen-bond acceptors (Lipinski definition) is 11. The summed E-state index contributed by atoms with van der Waals surface area (Å²) in [5, 5.41) is 21.3. The second-order valence-corrected chi connectivity index (χ2v) is 11.3. The Labute approximate surface area is 219 Å².